The maximum absolute atomic E-state index is 11.5. The molecule has 5 rings (SSSR count). The molecule has 1 atom stereocenters. The molecule has 160 valence electrons. The highest BCUT2D eigenvalue weighted by molar-refractivity contribution is 9.10. The van der Waals surface area contributed by atoms with Gasteiger partial charge in [0.1, 0.15) is 12.4 Å². The average Bonchev–Trinajstić information content (AvgIpc) is 2.82. The molecule has 1 amide bonds. The Morgan fingerprint density at radius 2 is 2.07 bits per heavy atom. The fourth-order valence-electron chi connectivity index (χ4n) is 4.24. The number of hydrogen-bond donors (Lipinski definition) is 1. The molecule has 0 spiro atoms. The highest BCUT2D eigenvalue weighted by Gasteiger charge is 2.37. The molecule has 2 fully saturated rings. The summed E-state index contributed by atoms with van der Waals surface area (Å²) in [5.41, 5.74) is 0.760. The fraction of sp³-hybridized carbons (Fsp3) is 0.526. The van der Waals surface area contributed by atoms with Gasteiger partial charge in [-0.05, 0) is 36.1 Å². The minimum absolute atomic E-state index is 0.144. The van der Waals surface area contributed by atoms with Gasteiger partial charge in [-0.1, -0.05) is 11.6 Å². The minimum atomic E-state index is -0.916. The Morgan fingerprint density at radius 3 is 2.77 bits per heavy atom. The summed E-state index contributed by atoms with van der Waals surface area (Å²) in [5, 5.41) is 10.7. The molecule has 0 aliphatic carbocycles. The fourth-order valence-corrected chi connectivity index (χ4v) is 4.84. The van der Waals surface area contributed by atoms with Gasteiger partial charge < -0.3 is 29.4 Å². The van der Waals surface area contributed by atoms with Gasteiger partial charge in [0.2, 0.25) is 5.95 Å². The summed E-state index contributed by atoms with van der Waals surface area (Å²) >= 11 is 10.1. The molecular weight excluding hydrogens is 476 g/mol. The summed E-state index contributed by atoms with van der Waals surface area (Å²) in [6.07, 6.45) is -0.916. The quantitative estimate of drug-likeness (QED) is 0.677. The largest absolute Gasteiger partial charge is 0.489 e. The van der Waals surface area contributed by atoms with Crippen LogP contribution in [-0.2, 0) is 0 Å². The van der Waals surface area contributed by atoms with Gasteiger partial charge in [-0.15, -0.1) is 0 Å². The van der Waals surface area contributed by atoms with Crippen LogP contribution in [0.4, 0.5) is 16.6 Å². The van der Waals surface area contributed by atoms with Crippen molar-refractivity contribution in [2.45, 2.75) is 12.1 Å². The van der Waals surface area contributed by atoms with Gasteiger partial charge in [0.15, 0.2) is 5.75 Å². The number of anilines is 2. The Hall–Kier alpha value is -2.04. The summed E-state index contributed by atoms with van der Waals surface area (Å²) in [5.74, 6) is 1.99. The highest BCUT2D eigenvalue weighted by atomic mass is 79.9. The van der Waals surface area contributed by atoms with Crippen molar-refractivity contribution in [2.24, 2.45) is 0 Å². The number of hydrogen-bond acceptors (Lipinski definition) is 7. The van der Waals surface area contributed by atoms with Crippen molar-refractivity contribution in [2.75, 3.05) is 63.2 Å². The number of likely N-dealkylation sites (N-methyl/N-ethyl adjacent to an activating group) is 1. The molecule has 4 heterocycles. The van der Waals surface area contributed by atoms with Crippen LogP contribution >= 0.6 is 27.5 Å². The molecule has 1 aromatic carbocycles. The molecule has 0 radical (unpaired) electrons. The number of rotatable bonds is 2. The van der Waals surface area contributed by atoms with E-state index in [9.17, 15) is 9.90 Å². The Balaban J connectivity index is 1.61. The second kappa shape index (κ2) is 7.28. The van der Waals surface area contributed by atoms with Gasteiger partial charge in [0.25, 0.3) is 0 Å². The standard InChI is InChI=1S/C19H22BrClN6O3/c1-24(2)10-6-26(7-10)18-22-13-5-12(20)15(21)16-14(13)17(23-18)27-4-3-25(19(28)29)8-11(27)9-30-16/h5,10-11H,3-4,6-9H2,1-2H3,(H,28,29)/t11-/m0/s1. The van der Waals surface area contributed by atoms with Crippen LogP contribution in [-0.4, -0.2) is 96.5 Å². The van der Waals surface area contributed by atoms with Crippen LogP contribution < -0.4 is 14.5 Å². The van der Waals surface area contributed by atoms with Crippen molar-refractivity contribution in [1.29, 1.82) is 0 Å². The number of ether oxygens (including phenoxy) is 1. The van der Waals surface area contributed by atoms with Crippen molar-refractivity contribution in [3.05, 3.63) is 15.6 Å². The zero-order chi connectivity index (χ0) is 21.2. The van der Waals surface area contributed by atoms with E-state index in [0.717, 1.165) is 29.8 Å². The molecule has 0 unspecified atom stereocenters. The van der Waals surface area contributed by atoms with E-state index in [-0.39, 0.29) is 6.04 Å². The van der Waals surface area contributed by atoms with Gasteiger partial charge in [0.05, 0.1) is 22.0 Å². The predicted octanol–water partition coefficient (Wildman–Crippen LogP) is 2.36. The molecule has 2 saturated heterocycles. The SMILES string of the molecule is CN(C)C1CN(c2nc3c4c(c(Cl)c(Br)cc4n2)OC[C@@H]2CN(C(=O)O)CCN32)C1. The second-order valence-corrected chi connectivity index (χ2v) is 9.38. The number of nitrogens with zero attached hydrogens (tertiary/aromatic N) is 6. The molecule has 1 aromatic heterocycles. The topological polar surface area (TPSA) is 85.3 Å². The first-order chi connectivity index (χ1) is 14.3. The van der Waals surface area contributed by atoms with Gasteiger partial charge in [-0.25, -0.2) is 9.78 Å². The van der Waals surface area contributed by atoms with Crippen LogP contribution in [0.1, 0.15) is 0 Å². The van der Waals surface area contributed by atoms with Crippen molar-refractivity contribution < 1.29 is 14.6 Å². The van der Waals surface area contributed by atoms with Crippen molar-refractivity contribution >= 4 is 56.3 Å². The van der Waals surface area contributed by atoms with E-state index in [1.807, 2.05) is 6.07 Å². The summed E-state index contributed by atoms with van der Waals surface area (Å²) in [4.78, 5) is 29.2. The number of carbonyl (C=O) groups is 1. The van der Waals surface area contributed by atoms with Crippen LogP contribution in [0.15, 0.2) is 10.5 Å². The van der Waals surface area contributed by atoms with Crippen molar-refractivity contribution in [3.8, 4) is 5.75 Å². The second-order valence-electron chi connectivity index (χ2n) is 8.15. The van der Waals surface area contributed by atoms with Gasteiger partial charge in [0, 0.05) is 43.2 Å². The van der Waals surface area contributed by atoms with E-state index in [0.29, 0.717) is 53.5 Å². The van der Waals surface area contributed by atoms with Crippen LogP contribution in [0.3, 0.4) is 0 Å². The van der Waals surface area contributed by atoms with E-state index in [2.05, 4.69) is 44.7 Å². The third-order valence-corrected chi connectivity index (χ3v) is 7.36. The first-order valence-corrected chi connectivity index (χ1v) is 11.0. The number of amides is 1. The molecule has 9 nitrogen and oxygen atoms in total. The van der Waals surface area contributed by atoms with Crippen molar-refractivity contribution in [1.82, 2.24) is 19.8 Å². The first-order valence-electron chi connectivity index (χ1n) is 9.82. The van der Waals surface area contributed by atoms with Crippen LogP contribution in [0.5, 0.6) is 5.75 Å². The molecular formula is C19H22BrClN6O3. The Morgan fingerprint density at radius 1 is 1.30 bits per heavy atom. The van der Waals surface area contributed by atoms with E-state index in [4.69, 9.17) is 26.3 Å². The number of fused-ring (bicyclic) bond motifs is 2. The summed E-state index contributed by atoms with van der Waals surface area (Å²) < 4.78 is 6.81. The lowest BCUT2D eigenvalue weighted by molar-refractivity contribution is 0.127. The maximum Gasteiger partial charge on any atom is 0.407 e. The molecule has 1 N–H and O–H groups in total. The lowest BCUT2D eigenvalue weighted by atomic mass is 10.1. The normalized spacial score (nSPS) is 21.4. The Kier molecular flexibility index (Phi) is 4.83. The third-order valence-electron chi connectivity index (χ3n) is 6.13. The zero-order valence-corrected chi connectivity index (χ0v) is 19.0. The minimum Gasteiger partial charge on any atom is -0.489 e. The van der Waals surface area contributed by atoms with Gasteiger partial charge in [-0.2, -0.15) is 4.98 Å². The van der Waals surface area contributed by atoms with Crippen molar-refractivity contribution in [3.63, 3.8) is 0 Å². The van der Waals surface area contributed by atoms with E-state index >= 15 is 0 Å². The van der Waals surface area contributed by atoms with Gasteiger partial charge >= 0.3 is 6.09 Å². The smallest absolute Gasteiger partial charge is 0.407 e. The van der Waals surface area contributed by atoms with Crippen LogP contribution in [0, 0.1) is 0 Å². The predicted molar refractivity (Wildman–Crippen MR) is 118 cm³/mol. The van der Waals surface area contributed by atoms with Crippen LogP contribution in [0.25, 0.3) is 10.9 Å². The molecule has 30 heavy (non-hydrogen) atoms. The van der Waals surface area contributed by atoms with E-state index in [1.165, 1.54) is 4.90 Å². The third kappa shape index (κ3) is 3.12. The molecule has 0 saturated carbocycles. The number of piperazine rings is 1. The van der Waals surface area contributed by atoms with Crippen LogP contribution in [0.2, 0.25) is 5.02 Å². The number of benzene rings is 1. The molecule has 3 aliphatic heterocycles. The molecule has 0 bridgehead atoms. The summed E-state index contributed by atoms with van der Waals surface area (Å²) in [6.45, 7) is 3.37. The lowest BCUT2D eigenvalue weighted by Gasteiger charge is -2.43. The van der Waals surface area contributed by atoms with E-state index in [1.54, 1.807) is 0 Å². The molecule has 11 heteroatoms. The highest BCUT2D eigenvalue weighted by Crippen LogP contribution is 2.45. The number of carboxylic acid groups (broad SMARTS) is 1. The van der Waals surface area contributed by atoms with Gasteiger partial charge in [-0.3, -0.25) is 0 Å². The lowest BCUT2D eigenvalue weighted by Crippen LogP contribution is -2.58. The summed E-state index contributed by atoms with van der Waals surface area (Å²) in [7, 11) is 4.15. The summed E-state index contributed by atoms with van der Waals surface area (Å²) in [6, 6.07) is 2.23. The molecule has 2 aromatic rings. The number of aromatic nitrogens is 2. The molecule has 3 aliphatic rings. The monoisotopic (exact) mass is 496 g/mol. The number of halogens is 2. The maximum atomic E-state index is 11.5. The zero-order valence-electron chi connectivity index (χ0n) is 16.7. The first kappa shape index (κ1) is 19.9. The Labute approximate surface area is 187 Å². The Bertz CT molecular complexity index is 1030. The average molecular weight is 498 g/mol. The van der Waals surface area contributed by atoms with E-state index < -0.39 is 6.09 Å².